The standard InChI is InChI=1S/C19H20FNO2/c1-14-11-16(7-8-17(14)20)12-18-19(22)21(9-10-23-18)13-15-5-3-2-4-6-15/h2-8,11,18H,9-10,12-13H2,1H3. The van der Waals surface area contributed by atoms with Crippen molar-refractivity contribution in [3.63, 3.8) is 0 Å². The molecule has 0 radical (unpaired) electrons. The Hall–Kier alpha value is -2.20. The third kappa shape index (κ3) is 3.77. The minimum atomic E-state index is -0.489. The van der Waals surface area contributed by atoms with Crippen LogP contribution in [0.4, 0.5) is 4.39 Å². The summed E-state index contributed by atoms with van der Waals surface area (Å²) in [5.41, 5.74) is 2.62. The predicted molar refractivity (Wildman–Crippen MR) is 86.4 cm³/mol. The van der Waals surface area contributed by atoms with Crippen LogP contribution < -0.4 is 0 Å². The lowest BCUT2D eigenvalue weighted by Gasteiger charge is -2.32. The lowest BCUT2D eigenvalue weighted by molar-refractivity contribution is -0.153. The number of benzene rings is 2. The van der Waals surface area contributed by atoms with E-state index in [0.29, 0.717) is 31.7 Å². The Morgan fingerprint density at radius 1 is 1.17 bits per heavy atom. The average Bonchev–Trinajstić information content (AvgIpc) is 2.56. The van der Waals surface area contributed by atoms with E-state index in [2.05, 4.69) is 0 Å². The first-order valence-electron chi connectivity index (χ1n) is 7.83. The minimum absolute atomic E-state index is 0.00193. The summed E-state index contributed by atoms with van der Waals surface area (Å²) in [5.74, 6) is -0.225. The molecule has 3 nitrogen and oxygen atoms in total. The van der Waals surface area contributed by atoms with Crippen molar-refractivity contribution >= 4 is 5.91 Å². The molecule has 1 unspecified atom stereocenters. The van der Waals surface area contributed by atoms with Gasteiger partial charge in [-0.25, -0.2) is 4.39 Å². The molecular weight excluding hydrogens is 293 g/mol. The summed E-state index contributed by atoms with van der Waals surface area (Å²) in [6, 6.07) is 14.9. The summed E-state index contributed by atoms with van der Waals surface area (Å²) < 4.78 is 19.0. The first kappa shape index (κ1) is 15.7. The van der Waals surface area contributed by atoms with E-state index in [9.17, 15) is 9.18 Å². The molecule has 120 valence electrons. The maximum atomic E-state index is 13.4. The fourth-order valence-electron chi connectivity index (χ4n) is 2.85. The number of aryl methyl sites for hydroxylation is 1. The van der Waals surface area contributed by atoms with Crippen molar-refractivity contribution in [1.82, 2.24) is 4.90 Å². The monoisotopic (exact) mass is 313 g/mol. The predicted octanol–water partition coefficient (Wildman–Crippen LogP) is 3.10. The molecule has 1 amide bonds. The number of hydrogen-bond donors (Lipinski definition) is 0. The lowest BCUT2D eigenvalue weighted by Crippen LogP contribution is -2.48. The number of nitrogens with zero attached hydrogens (tertiary/aromatic N) is 1. The van der Waals surface area contributed by atoms with Crippen LogP contribution >= 0.6 is 0 Å². The molecule has 1 aliphatic rings. The maximum absolute atomic E-state index is 13.4. The zero-order chi connectivity index (χ0) is 16.2. The van der Waals surface area contributed by atoms with Gasteiger partial charge < -0.3 is 9.64 Å². The Kier molecular flexibility index (Phi) is 4.72. The van der Waals surface area contributed by atoms with Gasteiger partial charge in [0.05, 0.1) is 6.61 Å². The number of ether oxygens (including phenoxy) is 1. The molecule has 4 heteroatoms. The summed E-state index contributed by atoms with van der Waals surface area (Å²) in [5, 5.41) is 0. The Morgan fingerprint density at radius 2 is 1.96 bits per heavy atom. The zero-order valence-corrected chi connectivity index (χ0v) is 13.2. The molecule has 0 aromatic heterocycles. The molecule has 0 bridgehead atoms. The van der Waals surface area contributed by atoms with Crippen LogP contribution in [0, 0.1) is 12.7 Å². The molecule has 1 atom stereocenters. The second-order valence-electron chi connectivity index (χ2n) is 5.89. The Balaban J connectivity index is 1.68. The van der Waals surface area contributed by atoms with E-state index >= 15 is 0 Å². The molecule has 1 heterocycles. The van der Waals surface area contributed by atoms with Gasteiger partial charge in [0.15, 0.2) is 0 Å². The van der Waals surface area contributed by atoms with Gasteiger partial charge in [-0.1, -0.05) is 42.5 Å². The summed E-state index contributed by atoms with van der Waals surface area (Å²) in [4.78, 5) is 14.4. The molecular formula is C19H20FNO2. The van der Waals surface area contributed by atoms with Gasteiger partial charge in [0, 0.05) is 19.5 Å². The molecule has 0 saturated carbocycles. The second kappa shape index (κ2) is 6.92. The van der Waals surface area contributed by atoms with Gasteiger partial charge in [0.2, 0.25) is 0 Å². The van der Waals surface area contributed by atoms with Gasteiger partial charge in [0.25, 0.3) is 5.91 Å². The van der Waals surface area contributed by atoms with Crippen molar-refractivity contribution in [2.24, 2.45) is 0 Å². The van der Waals surface area contributed by atoms with Gasteiger partial charge in [0.1, 0.15) is 11.9 Å². The minimum Gasteiger partial charge on any atom is -0.366 e. The van der Waals surface area contributed by atoms with Gasteiger partial charge in [-0.05, 0) is 29.7 Å². The normalized spacial score (nSPS) is 18.3. The quantitative estimate of drug-likeness (QED) is 0.868. The van der Waals surface area contributed by atoms with Crippen LogP contribution in [-0.2, 0) is 22.5 Å². The highest BCUT2D eigenvalue weighted by Crippen LogP contribution is 2.17. The molecule has 2 aromatic rings. The fraction of sp³-hybridized carbons (Fsp3) is 0.316. The van der Waals surface area contributed by atoms with Gasteiger partial charge in [-0.15, -0.1) is 0 Å². The van der Waals surface area contributed by atoms with E-state index in [4.69, 9.17) is 4.74 Å². The van der Waals surface area contributed by atoms with E-state index in [1.165, 1.54) is 6.07 Å². The second-order valence-corrected chi connectivity index (χ2v) is 5.89. The van der Waals surface area contributed by atoms with Crippen molar-refractivity contribution in [2.75, 3.05) is 13.2 Å². The highest BCUT2D eigenvalue weighted by molar-refractivity contribution is 5.81. The zero-order valence-electron chi connectivity index (χ0n) is 13.2. The van der Waals surface area contributed by atoms with Crippen LogP contribution in [0.2, 0.25) is 0 Å². The average molecular weight is 313 g/mol. The highest BCUT2D eigenvalue weighted by atomic mass is 19.1. The largest absolute Gasteiger partial charge is 0.366 e. The van der Waals surface area contributed by atoms with E-state index < -0.39 is 6.10 Å². The first-order chi connectivity index (χ1) is 11.1. The van der Waals surface area contributed by atoms with E-state index in [1.54, 1.807) is 19.1 Å². The van der Waals surface area contributed by atoms with Crippen LogP contribution in [0.1, 0.15) is 16.7 Å². The molecule has 1 aliphatic heterocycles. The van der Waals surface area contributed by atoms with E-state index in [-0.39, 0.29) is 11.7 Å². The third-order valence-corrected chi connectivity index (χ3v) is 4.13. The lowest BCUT2D eigenvalue weighted by atomic mass is 10.0. The van der Waals surface area contributed by atoms with Crippen LogP contribution in [0.3, 0.4) is 0 Å². The molecule has 23 heavy (non-hydrogen) atoms. The Morgan fingerprint density at radius 3 is 2.70 bits per heavy atom. The number of morpholine rings is 1. The van der Waals surface area contributed by atoms with Gasteiger partial charge >= 0.3 is 0 Å². The van der Waals surface area contributed by atoms with Crippen LogP contribution in [0.15, 0.2) is 48.5 Å². The molecule has 0 spiro atoms. The third-order valence-electron chi connectivity index (χ3n) is 4.13. The Labute approximate surface area is 135 Å². The summed E-state index contributed by atoms with van der Waals surface area (Å²) in [6.45, 7) is 3.46. The summed E-state index contributed by atoms with van der Waals surface area (Å²) in [6.07, 6.45) is -0.0112. The number of carbonyl (C=O) groups excluding carboxylic acids is 1. The molecule has 1 fully saturated rings. The smallest absolute Gasteiger partial charge is 0.252 e. The molecule has 3 rings (SSSR count). The topological polar surface area (TPSA) is 29.5 Å². The molecule has 1 saturated heterocycles. The fourth-order valence-corrected chi connectivity index (χ4v) is 2.85. The number of carbonyl (C=O) groups is 1. The van der Waals surface area contributed by atoms with Crippen LogP contribution in [0.25, 0.3) is 0 Å². The first-order valence-corrected chi connectivity index (χ1v) is 7.83. The number of amides is 1. The number of hydrogen-bond acceptors (Lipinski definition) is 2. The van der Waals surface area contributed by atoms with Crippen molar-refractivity contribution in [3.05, 3.63) is 71.0 Å². The SMILES string of the molecule is Cc1cc(CC2OCCN(Cc3ccccc3)C2=O)ccc1F. The summed E-state index contributed by atoms with van der Waals surface area (Å²) in [7, 11) is 0. The van der Waals surface area contributed by atoms with Crippen molar-refractivity contribution in [2.45, 2.75) is 26.0 Å². The molecule has 0 N–H and O–H groups in total. The number of rotatable bonds is 4. The molecule has 2 aromatic carbocycles. The van der Waals surface area contributed by atoms with Crippen molar-refractivity contribution in [1.29, 1.82) is 0 Å². The van der Waals surface area contributed by atoms with E-state index in [0.717, 1.165) is 11.1 Å². The Bertz CT molecular complexity index is 687. The summed E-state index contributed by atoms with van der Waals surface area (Å²) >= 11 is 0. The maximum Gasteiger partial charge on any atom is 0.252 e. The van der Waals surface area contributed by atoms with Crippen molar-refractivity contribution in [3.8, 4) is 0 Å². The van der Waals surface area contributed by atoms with Gasteiger partial charge in [-0.3, -0.25) is 4.79 Å². The van der Waals surface area contributed by atoms with E-state index in [1.807, 2.05) is 35.2 Å². The highest BCUT2D eigenvalue weighted by Gasteiger charge is 2.29. The molecule has 0 aliphatic carbocycles. The number of halogens is 1. The van der Waals surface area contributed by atoms with Crippen LogP contribution in [-0.4, -0.2) is 30.1 Å². The van der Waals surface area contributed by atoms with Crippen molar-refractivity contribution < 1.29 is 13.9 Å². The van der Waals surface area contributed by atoms with Gasteiger partial charge in [-0.2, -0.15) is 0 Å². The van der Waals surface area contributed by atoms with Crippen LogP contribution in [0.5, 0.6) is 0 Å².